The molecule has 0 spiro atoms. The Morgan fingerprint density at radius 1 is 1.03 bits per heavy atom. The minimum Gasteiger partial charge on any atom is -0.482 e. The molecule has 0 radical (unpaired) electrons. The first kappa shape index (κ1) is 25.3. The molecule has 0 saturated carbocycles. The molecule has 1 aromatic heterocycles. The van der Waals surface area contributed by atoms with E-state index >= 15 is 0 Å². The lowest BCUT2D eigenvalue weighted by Gasteiger charge is -2.09. The van der Waals surface area contributed by atoms with Crippen LogP contribution in [0.15, 0.2) is 48.5 Å². The first-order valence-corrected chi connectivity index (χ1v) is 11.2. The minimum atomic E-state index is -0.771. The molecule has 0 saturated heterocycles. The Labute approximate surface area is 203 Å². The molecule has 1 heterocycles. The number of H-pyrrole nitrogens is 1. The second-order valence-electron chi connectivity index (χ2n) is 8.04. The Hall–Kier alpha value is -4.34. The number of hydrogen-bond acceptors (Lipinski definition) is 6. The number of nitrogens with zero attached hydrogens (tertiary/aromatic N) is 1. The molecule has 10 nitrogen and oxygen atoms in total. The number of esters is 1. The van der Waals surface area contributed by atoms with Gasteiger partial charge in [0, 0.05) is 12.1 Å². The zero-order valence-corrected chi connectivity index (χ0v) is 19.9. The van der Waals surface area contributed by atoms with E-state index in [0.29, 0.717) is 36.2 Å². The van der Waals surface area contributed by atoms with Gasteiger partial charge in [-0.25, -0.2) is 14.6 Å². The van der Waals surface area contributed by atoms with Crippen LogP contribution in [0.5, 0.6) is 5.75 Å². The number of anilines is 2. The molecule has 0 aliphatic heterocycles. The van der Waals surface area contributed by atoms with Crippen molar-refractivity contribution in [3.8, 4) is 5.75 Å². The van der Waals surface area contributed by atoms with E-state index < -0.39 is 17.9 Å². The maximum absolute atomic E-state index is 12.5. The molecule has 5 N–H and O–H groups in total. The predicted octanol–water partition coefficient (Wildman–Crippen LogP) is 3.81. The summed E-state index contributed by atoms with van der Waals surface area (Å²) in [6.45, 7) is 6.02. The van der Waals surface area contributed by atoms with Crippen LogP contribution in [0.3, 0.4) is 0 Å². The van der Waals surface area contributed by atoms with Crippen LogP contribution in [-0.2, 0) is 16.0 Å². The molecular weight excluding hydrogens is 450 g/mol. The monoisotopic (exact) mass is 479 g/mol. The van der Waals surface area contributed by atoms with Gasteiger partial charge < -0.3 is 25.5 Å². The van der Waals surface area contributed by atoms with Gasteiger partial charge in [-0.15, -0.1) is 0 Å². The average molecular weight is 480 g/mol. The van der Waals surface area contributed by atoms with Crippen LogP contribution in [-0.4, -0.2) is 41.1 Å². The van der Waals surface area contributed by atoms with Gasteiger partial charge in [-0.05, 0) is 48.2 Å². The number of nitrogens with two attached hydrogens (primary N) is 1. The molecule has 3 aromatic rings. The lowest BCUT2D eigenvalue weighted by molar-refractivity contribution is -0.145. The third-order valence-corrected chi connectivity index (χ3v) is 5.02. The van der Waals surface area contributed by atoms with E-state index in [4.69, 9.17) is 15.2 Å². The fourth-order valence-electron chi connectivity index (χ4n) is 3.24. The van der Waals surface area contributed by atoms with Crippen molar-refractivity contribution in [2.45, 2.75) is 33.1 Å². The molecule has 184 valence electrons. The predicted molar refractivity (Wildman–Crippen MR) is 132 cm³/mol. The number of carbonyl (C=O) groups excluding carboxylic acids is 3. The van der Waals surface area contributed by atoms with Crippen LogP contribution < -0.4 is 21.1 Å². The number of benzene rings is 2. The number of hydrogen-bond donors (Lipinski definition) is 4. The van der Waals surface area contributed by atoms with Crippen LogP contribution in [0.25, 0.3) is 0 Å². The van der Waals surface area contributed by atoms with Gasteiger partial charge in [0.2, 0.25) is 0 Å². The first-order chi connectivity index (χ1) is 16.7. The summed E-state index contributed by atoms with van der Waals surface area (Å²) < 4.78 is 10.2. The van der Waals surface area contributed by atoms with Gasteiger partial charge in [0.1, 0.15) is 17.4 Å². The smallest absolute Gasteiger partial charge is 0.344 e. The zero-order valence-electron chi connectivity index (χ0n) is 19.9. The van der Waals surface area contributed by atoms with E-state index in [9.17, 15) is 14.4 Å². The fourth-order valence-corrected chi connectivity index (χ4v) is 3.24. The highest BCUT2D eigenvalue weighted by Crippen LogP contribution is 2.19. The standard InChI is InChI=1S/C25H29N5O5/c1-4-34-21(31)14-35-19-11-5-16(6-12-19)13-20-28-22(23(26)32)24(29-20)30-25(33)27-18-9-7-17(8-10-18)15(2)3/h5-12,15H,4,13-14H2,1-3H3,(H2,26,32)(H,28,29)(H2,27,30,33). The number of nitrogens with one attached hydrogen (secondary N) is 3. The highest BCUT2D eigenvalue weighted by molar-refractivity contribution is 6.04. The van der Waals surface area contributed by atoms with Gasteiger partial charge in [0.25, 0.3) is 5.91 Å². The van der Waals surface area contributed by atoms with Gasteiger partial charge in [0.05, 0.1) is 6.61 Å². The number of amides is 3. The molecule has 10 heteroatoms. The van der Waals surface area contributed by atoms with Crippen LogP contribution in [0.2, 0.25) is 0 Å². The van der Waals surface area contributed by atoms with Crippen molar-refractivity contribution in [1.29, 1.82) is 0 Å². The van der Waals surface area contributed by atoms with E-state index in [1.807, 2.05) is 24.3 Å². The Bertz CT molecular complexity index is 1170. The minimum absolute atomic E-state index is 0.0697. The van der Waals surface area contributed by atoms with Crippen molar-refractivity contribution in [2.75, 3.05) is 23.8 Å². The largest absolute Gasteiger partial charge is 0.482 e. The molecule has 0 bridgehead atoms. The number of urea groups is 1. The summed E-state index contributed by atoms with van der Waals surface area (Å²) in [7, 11) is 0. The SMILES string of the molecule is CCOC(=O)COc1ccc(Cc2nc(C(N)=O)c(NC(=O)Nc3ccc(C(C)C)cc3)[nH]2)cc1. The third kappa shape index (κ3) is 7.32. The summed E-state index contributed by atoms with van der Waals surface area (Å²) in [5.74, 6) is 0.232. The number of aromatic nitrogens is 2. The van der Waals surface area contributed by atoms with Crippen molar-refractivity contribution in [2.24, 2.45) is 5.73 Å². The molecule has 3 amide bonds. The van der Waals surface area contributed by atoms with Crippen LogP contribution in [0.1, 0.15) is 54.1 Å². The average Bonchev–Trinajstić information content (AvgIpc) is 3.21. The topological polar surface area (TPSA) is 148 Å². The van der Waals surface area contributed by atoms with Crippen molar-refractivity contribution in [1.82, 2.24) is 9.97 Å². The summed E-state index contributed by atoms with van der Waals surface area (Å²) in [5.41, 5.74) is 8.00. The van der Waals surface area contributed by atoms with Gasteiger partial charge >= 0.3 is 12.0 Å². The van der Waals surface area contributed by atoms with Crippen molar-refractivity contribution in [3.05, 3.63) is 71.2 Å². The van der Waals surface area contributed by atoms with Crippen LogP contribution >= 0.6 is 0 Å². The van der Waals surface area contributed by atoms with Gasteiger partial charge in [-0.2, -0.15) is 0 Å². The van der Waals surface area contributed by atoms with Gasteiger partial charge in [-0.3, -0.25) is 10.1 Å². The van der Waals surface area contributed by atoms with E-state index in [1.54, 1.807) is 31.2 Å². The molecule has 0 atom stereocenters. The number of rotatable bonds is 10. The quantitative estimate of drug-likeness (QED) is 0.325. The van der Waals surface area contributed by atoms with Crippen LogP contribution in [0.4, 0.5) is 16.3 Å². The first-order valence-electron chi connectivity index (χ1n) is 11.2. The fraction of sp³-hybridized carbons (Fsp3) is 0.280. The molecule has 2 aromatic carbocycles. The van der Waals surface area contributed by atoms with E-state index in [-0.39, 0.29) is 18.1 Å². The lowest BCUT2D eigenvalue weighted by Crippen LogP contribution is -2.22. The van der Waals surface area contributed by atoms with E-state index in [0.717, 1.165) is 11.1 Å². The molecule has 35 heavy (non-hydrogen) atoms. The summed E-state index contributed by atoms with van der Waals surface area (Å²) in [6.07, 6.45) is 0.346. The summed E-state index contributed by atoms with van der Waals surface area (Å²) in [5, 5.41) is 5.32. The summed E-state index contributed by atoms with van der Waals surface area (Å²) in [6, 6.07) is 14.0. The summed E-state index contributed by atoms with van der Waals surface area (Å²) >= 11 is 0. The highest BCUT2D eigenvalue weighted by Gasteiger charge is 2.18. The van der Waals surface area contributed by atoms with E-state index in [1.165, 1.54) is 0 Å². The number of primary amides is 1. The molecule has 0 aliphatic carbocycles. The lowest BCUT2D eigenvalue weighted by atomic mass is 10.0. The van der Waals surface area contributed by atoms with Crippen molar-refractivity contribution < 1.29 is 23.9 Å². The third-order valence-electron chi connectivity index (χ3n) is 5.02. The molecule has 0 fully saturated rings. The Morgan fingerprint density at radius 2 is 1.71 bits per heavy atom. The molecule has 0 unspecified atom stereocenters. The van der Waals surface area contributed by atoms with Crippen molar-refractivity contribution in [3.63, 3.8) is 0 Å². The summed E-state index contributed by atoms with van der Waals surface area (Å²) in [4.78, 5) is 42.9. The molecule has 3 rings (SSSR count). The Balaban J connectivity index is 1.63. The second kappa shape index (κ2) is 11.7. The molecular formula is C25H29N5O5. The number of carbonyl (C=O) groups is 3. The van der Waals surface area contributed by atoms with E-state index in [2.05, 4.69) is 34.4 Å². The number of imidazole rings is 1. The highest BCUT2D eigenvalue weighted by atomic mass is 16.6. The number of ether oxygens (including phenoxy) is 2. The van der Waals surface area contributed by atoms with Gasteiger partial charge in [0.15, 0.2) is 12.3 Å². The molecule has 0 aliphatic rings. The Morgan fingerprint density at radius 3 is 2.31 bits per heavy atom. The maximum Gasteiger partial charge on any atom is 0.344 e. The maximum atomic E-state index is 12.5. The van der Waals surface area contributed by atoms with Gasteiger partial charge in [-0.1, -0.05) is 38.1 Å². The zero-order chi connectivity index (χ0) is 25.4. The number of aromatic amines is 1. The second-order valence-corrected chi connectivity index (χ2v) is 8.04. The Kier molecular flexibility index (Phi) is 8.44. The normalized spacial score (nSPS) is 10.6. The van der Waals surface area contributed by atoms with Crippen molar-refractivity contribution >= 4 is 29.4 Å². The van der Waals surface area contributed by atoms with Crippen LogP contribution in [0, 0.1) is 0 Å².